The molecule has 0 radical (unpaired) electrons. The van der Waals surface area contributed by atoms with Crippen LogP contribution in [0.4, 0.5) is 0 Å². The first-order valence-corrected chi connectivity index (χ1v) is 7.46. The fraction of sp³-hybridized carbons (Fsp3) is 0.375. The topological polar surface area (TPSA) is 57.8 Å². The number of nitrogens with zero attached hydrogens (tertiary/aromatic N) is 1. The van der Waals surface area contributed by atoms with Crippen molar-refractivity contribution in [3.63, 3.8) is 0 Å². The van der Waals surface area contributed by atoms with Crippen molar-refractivity contribution in [2.45, 2.75) is 38.6 Å². The van der Waals surface area contributed by atoms with Crippen molar-refractivity contribution in [3.8, 4) is 0 Å². The summed E-state index contributed by atoms with van der Waals surface area (Å²) >= 11 is 6.25. The molecule has 4 nitrogen and oxygen atoms in total. The van der Waals surface area contributed by atoms with E-state index >= 15 is 0 Å². The van der Waals surface area contributed by atoms with Crippen LogP contribution < -0.4 is 5.32 Å². The van der Waals surface area contributed by atoms with E-state index < -0.39 is 5.41 Å². The number of hydrogen-bond donors (Lipinski definition) is 2. The van der Waals surface area contributed by atoms with Crippen LogP contribution in [0.25, 0.3) is 0 Å². The standard InChI is InChI=1S/C16H18ClN3O/c1-10-12(11(2)20-19-10)9-18-15(21)16(7-8-16)13-5-3-4-6-14(13)17/h3-6H,7-9H2,1-2H3,(H,18,21)(H,19,20). The van der Waals surface area contributed by atoms with Gasteiger partial charge >= 0.3 is 0 Å². The zero-order chi connectivity index (χ0) is 15.0. The summed E-state index contributed by atoms with van der Waals surface area (Å²) < 4.78 is 0. The molecule has 0 spiro atoms. The third kappa shape index (κ3) is 2.44. The molecule has 0 unspecified atom stereocenters. The molecule has 1 fully saturated rings. The van der Waals surface area contributed by atoms with Gasteiger partial charge in [-0.2, -0.15) is 5.10 Å². The molecule has 0 aliphatic heterocycles. The Morgan fingerprint density at radius 1 is 1.38 bits per heavy atom. The van der Waals surface area contributed by atoms with Gasteiger partial charge in [-0.3, -0.25) is 9.89 Å². The van der Waals surface area contributed by atoms with Gasteiger partial charge < -0.3 is 5.32 Å². The number of nitrogens with one attached hydrogen (secondary N) is 2. The molecule has 110 valence electrons. The van der Waals surface area contributed by atoms with Gasteiger partial charge in [-0.15, -0.1) is 0 Å². The maximum atomic E-state index is 12.6. The number of aromatic nitrogens is 2. The van der Waals surface area contributed by atoms with E-state index in [-0.39, 0.29) is 5.91 Å². The summed E-state index contributed by atoms with van der Waals surface area (Å²) in [5.74, 6) is 0.0515. The van der Waals surface area contributed by atoms with Crippen LogP contribution in [0.1, 0.15) is 35.4 Å². The minimum Gasteiger partial charge on any atom is -0.351 e. The predicted octanol–water partition coefficient (Wildman–Crippen LogP) is 3.03. The Labute approximate surface area is 128 Å². The fourth-order valence-corrected chi connectivity index (χ4v) is 3.08. The van der Waals surface area contributed by atoms with E-state index in [4.69, 9.17) is 11.6 Å². The van der Waals surface area contributed by atoms with Crippen LogP contribution >= 0.6 is 11.6 Å². The quantitative estimate of drug-likeness (QED) is 0.912. The maximum absolute atomic E-state index is 12.6. The number of hydrogen-bond acceptors (Lipinski definition) is 2. The predicted molar refractivity (Wildman–Crippen MR) is 82.3 cm³/mol. The van der Waals surface area contributed by atoms with E-state index in [0.29, 0.717) is 11.6 Å². The molecule has 1 saturated carbocycles. The summed E-state index contributed by atoms with van der Waals surface area (Å²) in [6.45, 7) is 4.40. The molecule has 1 heterocycles. The second kappa shape index (κ2) is 5.19. The van der Waals surface area contributed by atoms with Gasteiger partial charge in [-0.05, 0) is 38.3 Å². The molecule has 1 aromatic heterocycles. The minimum atomic E-state index is -0.441. The highest BCUT2D eigenvalue weighted by Crippen LogP contribution is 2.50. The van der Waals surface area contributed by atoms with E-state index in [1.54, 1.807) is 0 Å². The number of H-pyrrole nitrogens is 1. The summed E-state index contributed by atoms with van der Waals surface area (Å²) in [4.78, 5) is 12.6. The lowest BCUT2D eigenvalue weighted by molar-refractivity contribution is -0.123. The number of benzene rings is 1. The normalized spacial score (nSPS) is 15.8. The highest BCUT2D eigenvalue weighted by Gasteiger charge is 2.52. The lowest BCUT2D eigenvalue weighted by atomic mass is 9.95. The summed E-state index contributed by atoms with van der Waals surface area (Å²) in [7, 11) is 0. The van der Waals surface area contributed by atoms with Crippen molar-refractivity contribution in [1.29, 1.82) is 0 Å². The summed E-state index contributed by atoms with van der Waals surface area (Å²) in [5.41, 5.74) is 3.47. The van der Waals surface area contributed by atoms with Crippen molar-refractivity contribution in [3.05, 3.63) is 51.8 Å². The summed E-state index contributed by atoms with van der Waals surface area (Å²) in [5, 5.41) is 10.8. The molecule has 1 aliphatic rings. The molecule has 3 rings (SSSR count). The number of amides is 1. The molecule has 1 aliphatic carbocycles. The highest BCUT2D eigenvalue weighted by atomic mass is 35.5. The van der Waals surface area contributed by atoms with Gasteiger partial charge in [0.15, 0.2) is 0 Å². The maximum Gasteiger partial charge on any atom is 0.230 e. The minimum absolute atomic E-state index is 0.0515. The highest BCUT2D eigenvalue weighted by molar-refractivity contribution is 6.31. The Morgan fingerprint density at radius 2 is 2.10 bits per heavy atom. The lowest BCUT2D eigenvalue weighted by Gasteiger charge is -2.17. The number of aromatic amines is 1. The first kappa shape index (κ1) is 14.1. The smallest absolute Gasteiger partial charge is 0.230 e. The first-order chi connectivity index (χ1) is 10.0. The molecule has 0 atom stereocenters. The fourth-order valence-electron chi connectivity index (χ4n) is 2.77. The molecule has 1 aromatic carbocycles. The van der Waals surface area contributed by atoms with Crippen LogP contribution in [0.3, 0.4) is 0 Å². The van der Waals surface area contributed by atoms with Crippen LogP contribution in [0, 0.1) is 13.8 Å². The molecule has 21 heavy (non-hydrogen) atoms. The lowest BCUT2D eigenvalue weighted by Crippen LogP contribution is -2.34. The van der Waals surface area contributed by atoms with Crippen LogP contribution in [0.15, 0.2) is 24.3 Å². The van der Waals surface area contributed by atoms with Crippen molar-refractivity contribution < 1.29 is 4.79 Å². The van der Waals surface area contributed by atoms with Crippen molar-refractivity contribution in [2.24, 2.45) is 0 Å². The van der Waals surface area contributed by atoms with Crippen LogP contribution in [0.2, 0.25) is 5.02 Å². The zero-order valence-electron chi connectivity index (χ0n) is 12.2. The summed E-state index contributed by atoms with van der Waals surface area (Å²) in [6, 6.07) is 7.61. The van der Waals surface area contributed by atoms with Gasteiger partial charge in [0, 0.05) is 22.8 Å². The SMILES string of the molecule is Cc1n[nH]c(C)c1CNC(=O)C1(c2ccccc2Cl)CC1. The van der Waals surface area contributed by atoms with Gasteiger partial charge in [-0.25, -0.2) is 0 Å². The van der Waals surface area contributed by atoms with Gasteiger partial charge in [0.1, 0.15) is 0 Å². The Balaban J connectivity index is 1.76. The van der Waals surface area contributed by atoms with E-state index in [9.17, 15) is 4.79 Å². The van der Waals surface area contributed by atoms with Crippen LogP contribution in [-0.4, -0.2) is 16.1 Å². The Morgan fingerprint density at radius 3 is 2.67 bits per heavy atom. The average Bonchev–Trinajstić information content (AvgIpc) is 3.21. The number of carbonyl (C=O) groups is 1. The second-order valence-electron chi connectivity index (χ2n) is 5.66. The third-order valence-electron chi connectivity index (χ3n) is 4.28. The largest absolute Gasteiger partial charge is 0.351 e. The molecule has 1 amide bonds. The van der Waals surface area contributed by atoms with E-state index in [1.165, 1.54) is 0 Å². The third-order valence-corrected chi connectivity index (χ3v) is 4.61. The van der Waals surface area contributed by atoms with Gasteiger partial charge in [-0.1, -0.05) is 29.8 Å². The van der Waals surface area contributed by atoms with Gasteiger partial charge in [0.2, 0.25) is 5.91 Å². The van der Waals surface area contributed by atoms with E-state index in [2.05, 4.69) is 15.5 Å². The Bertz CT molecular complexity index is 669. The molecule has 5 heteroatoms. The van der Waals surface area contributed by atoms with Crippen LogP contribution in [0.5, 0.6) is 0 Å². The number of aryl methyl sites for hydroxylation is 2. The van der Waals surface area contributed by atoms with E-state index in [1.807, 2.05) is 38.1 Å². The molecular formula is C16H18ClN3O. The number of carbonyl (C=O) groups excluding carboxylic acids is 1. The average molecular weight is 304 g/mol. The Hall–Kier alpha value is -1.81. The van der Waals surface area contributed by atoms with Gasteiger partial charge in [0.05, 0.1) is 11.1 Å². The molecule has 0 bridgehead atoms. The van der Waals surface area contributed by atoms with Crippen molar-refractivity contribution in [2.75, 3.05) is 0 Å². The summed E-state index contributed by atoms with van der Waals surface area (Å²) in [6.07, 6.45) is 1.71. The van der Waals surface area contributed by atoms with Crippen molar-refractivity contribution >= 4 is 17.5 Å². The number of halogens is 1. The molecule has 0 saturated heterocycles. The van der Waals surface area contributed by atoms with E-state index in [0.717, 1.165) is 35.4 Å². The number of rotatable bonds is 4. The Kier molecular flexibility index (Phi) is 3.49. The molecular weight excluding hydrogens is 286 g/mol. The van der Waals surface area contributed by atoms with Crippen LogP contribution in [-0.2, 0) is 16.8 Å². The molecule has 2 aromatic rings. The second-order valence-corrected chi connectivity index (χ2v) is 6.06. The molecule has 2 N–H and O–H groups in total. The van der Waals surface area contributed by atoms with Gasteiger partial charge in [0.25, 0.3) is 0 Å². The zero-order valence-corrected chi connectivity index (χ0v) is 12.9. The first-order valence-electron chi connectivity index (χ1n) is 7.08. The monoisotopic (exact) mass is 303 g/mol. The van der Waals surface area contributed by atoms with Crippen molar-refractivity contribution in [1.82, 2.24) is 15.5 Å².